The van der Waals surface area contributed by atoms with Gasteiger partial charge in [0.15, 0.2) is 5.82 Å². The first kappa shape index (κ1) is 25.0. The van der Waals surface area contributed by atoms with Crippen LogP contribution in [0.2, 0.25) is 0 Å². The summed E-state index contributed by atoms with van der Waals surface area (Å²) in [6.45, 7) is 5.96. The molecule has 0 aliphatic carbocycles. The molecule has 0 saturated heterocycles. The lowest BCUT2D eigenvalue weighted by atomic mass is 9.93. The Morgan fingerprint density at radius 1 is 1.06 bits per heavy atom. The molecule has 2 heterocycles. The number of hydrogen-bond donors (Lipinski definition) is 3. The third-order valence-electron chi connectivity index (χ3n) is 5.20. The molecule has 2 aromatic heterocycles. The van der Waals surface area contributed by atoms with E-state index in [-0.39, 0.29) is 11.0 Å². The van der Waals surface area contributed by atoms with Gasteiger partial charge in [0.05, 0.1) is 23.9 Å². The summed E-state index contributed by atoms with van der Waals surface area (Å²) < 4.78 is 17.2. The van der Waals surface area contributed by atoms with Crippen molar-refractivity contribution in [1.29, 1.82) is 0 Å². The molecule has 3 amide bonds. The van der Waals surface area contributed by atoms with E-state index in [2.05, 4.69) is 36.7 Å². The van der Waals surface area contributed by atoms with Crippen LogP contribution < -0.4 is 25.8 Å². The van der Waals surface area contributed by atoms with Crippen molar-refractivity contribution >= 4 is 50.3 Å². The molecular formula is C25H24BrN5O5. The van der Waals surface area contributed by atoms with Crippen LogP contribution in [-0.2, 0) is 5.41 Å². The highest BCUT2D eigenvalue weighted by Gasteiger charge is 2.20. The number of urea groups is 1. The van der Waals surface area contributed by atoms with Gasteiger partial charge in [-0.2, -0.15) is 0 Å². The van der Waals surface area contributed by atoms with Crippen LogP contribution in [-0.4, -0.2) is 29.2 Å². The minimum Gasteiger partial charge on any atom is -0.496 e. The summed E-state index contributed by atoms with van der Waals surface area (Å²) in [6, 6.07) is 11.2. The number of rotatable bonds is 6. The number of nitrogens with zero attached hydrogens (tertiary/aromatic N) is 2. The van der Waals surface area contributed by atoms with E-state index < -0.39 is 11.9 Å². The van der Waals surface area contributed by atoms with Crippen molar-refractivity contribution in [3.05, 3.63) is 64.5 Å². The molecule has 0 bridgehead atoms. The lowest BCUT2D eigenvalue weighted by molar-refractivity contribution is 0.0997. The zero-order chi connectivity index (χ0) is 26.0. The van der Waals surface area contributed by atoms with Crippen molar-refractivity contribution in [2.45, 2.75) is 26.2 Å². The Labute approximate surface area is 215 Å². The second kappa shape index (κ2) is 9.86. The normalized spacial score (nSPS) is 11.2. The van der Waals surface area contributed by atoms with E-state index >= 15 is 0 Å². The number of anilines is 2. The minimum absolute atomic E-state index is 0.219. The van der Waals surface area contributed by atoms with Crippen LogP contribution in [0.1, 0.15) is 36.9 Å². The maximum absolute atomic E-state index is 12.4. The quantitative estimate of drug-likeness (QED) is 0.272. The van der Waals surface area contributed by atoms with Crippen LogP contribution in [0.3, 0.4) is 0 Å². The maximum Gasteiger partial charge on any atom is 0.324 e. The van der Waals surface area contributed by atoms with E-state index in [1.165, 1.54) is 7.11 Å². The van der Waals surface area contributed by atoms with Gasteiger partial charge in [-0.3, -0.25) is 15.1 Å². The number of amides is 3. The monoisotopic (exact) mass is 553 g/mol. The smallest absolute Gasteiger partial charge is 0.324 e. The second-order valence-electron chi connectivity index (χ2n) is 8.89. The number of methoxy groups -OCH3 is 1. The van der Waals surface area contributed by atoms with Crippen LogP contribution in [0.15, 0.2) is 57.7 Å². The highest BCUT2D eigenvalue weighted by Crippen LogP contribution is 2.35. The van der Waals surface area contributed by atoms with Crippen molar-refractivity contribution in [1.82, 2.24) is 10.1 Å². The standard InChI is InChI=1S/C25H24BrN5O5/c1-25(2,3)21-12-22(31-36-21)30-24(33)29-17-6-5-13(9-16(17)26)35-19-7-8-28-18-11-20(34-4)15(23(27)32)10-14(18)19/h5-12H,1-4H3,(H2,27,32)(H2,29,30,31,33). The topological polar surface area (TPSA) is 142 Å². The number of aromatic nitrogens is 2. The molecule has 2 aromatic carbocycles. The maximum atomic E-state index is 12.4. The molecule has 4 aromatic rings. The first-order valence-corrected chi connectivity index (χ1v) is 11.6. The number of benzene rings is 2. The number of primary amides is 1. The summed E-state index contributed by atoms with van der Waals surface area (Å²) in [5, 5.41) is 9.87. The summed E-state index contributed by atoms with van der Waals surface area (Å²) in [5.74, 6) is 1.63. The predicted molar refractivity (Wildman–Crippen MR) is 139 cm³/mol. The van der Waals surface area contributed by atoms with Crippen molar-refractivity contribution in [3.63, 3.8) is 0 Å². The number of ether oxygens (including phenoxy) is 2. The molecule has 10 nitrogen and oxygen atoms in total. The molecule has 0 aliphatic heterocycles. The van der Waals surface area contributed by atoms with Gasteiger partial charge >= 0.3 is 6.03 Å². The first-order chi connectivity index (χ1) is 17.0. The summed E-state index contributed by atoms with van der Waals surface area (Å²) in [6.07, 6.45) is 1.59. The molecule has 0 atom stereocenters. The Balaban J connectivity index is 1.51. The fourth-order valence-electron chi connectivity index (χ4n) is 3.34. The average Bonchev–Trinajstić information content (AvgIpc) is 3.29. The molecule has 36 heavy (non-hydrogen) atoms. The van der Waals surface area contributed by atoms with Crippen LogP contribution >= 0.6 is 15.9 Å². The van der Waals surface area contributed by atoms with Crippen LogP contribution in [0.25, 0.3) is 10.9 Å². The third kappa shape index (κ3) is 5.41. The van der Waals surface area contributed by atoms with Crippen LogP contribution in [0, 0.1) is 0 Å². The van der Waals surface area contributed by atoms with Crippen LogP contribution in [0.4, 0.5) is 16.3 Å². The van der Waals surface area contributed by atoms with Gasteiger partial charge in [0.2, 0.25) is 0 Å². The zero-order valence-electron chi connectivity index (χ0n) is 20.0. The van der Waals surface area contributed by atoms with E-state index in [1.807, 2.05) is 20.8 Å². The van der Waals surface area contributed by atoms with Gasteiger partial charge in [-0.05, 0) is 46.3 Å². The molecule has 0 radical (unpaired) electrons. The lowest BCUT2D eigenvalue weighted by Gasteiger charge is -2.13. The van der Waals surface area contributed by atoms with Gasteiger partial charge in [0.25, 0.3) is 5.91 Å². The third-order valence-corrected chi connectivity index (χ3v) is 5.85. The molecule has 0 fully saturated rings. The van der Waals surface area contributed by atoms with Crippen molar-refractivity contribution in [2.75, 3.05) is 17.7 Å². The molecule has 0 unspecified atom stereocenters. The molecule has 186 valence electrons. The molecular weight excluding hydrogens is 530 g/mol. The van der Waals surface area contributed by atoms with Gasteiger partial charge in [-0.25, -0.2) is 4.79 Å². The Kier molecular flexibility index (Phi) is 6.84. The van der Waals surface area contributed by atoms with Gasteiger partial charge in [0.1, 0.15) is 23.0 Å². The van der Waals surface area contributed by atoms with E-state index in [4.69, 9.17) is 19.7 Å². The summed E-state index contributed by atoms with van der Waals surface area (Å²) >= 11 is 3.46. The molecule has 0 aliphatic rings. The molecule has 0 spiro atoms. The van der Waals surface area contributed by atoms with Crippen LogP contribution in [0.5, 0.6) is 17.2 Å². The van der Waals surface area contributed by atoms with Crippen molar-refractivity contribution in [2.24, 2.45) is 5.73 Å². The largest absolute Gasteiger partial charge is 0.496 e. The number of halogens is 1. The minimum atomic E-state index is -0.625. The predicted octanol–water partition coefficient (Wildman–Crippen LogP) is 5.83. The fourth-order valence-corrected chi connectivity index (χ4v) is 3.80. The number of carbonyl (C=O) groups is 2. The van der Waals surface area contributed by atoms with Gasteiger partial charge in [-0.15, -0.1) is 0 Å². The Hall–Kier alpha value is -4.12. The number of carbonyl (C=O) groups excluding carboxylic acids is 2. The summed E-state index contributed by atoms with van der Waals surface area (Å²) in [5.41, 5.74) is 6.57. The van der Waals surface area contributed by atoms with E-state index in [9.17, 15) is 9.59 Å². The number of pyridine rings is 1. The SMILES string of the molecule is COc1cc2nccc(Oc3ccc(NC(=O)Nc4cc(C(C)(C)C)on4)c(Br)c3)c2cc1C(N)=O. The van der Waals surface area contributed by atoms with Gasteiger partial charge < -0.3 is 25.0 Å². The van der Waals surface area contributed by atoms with Crippen molar-refractivity contribution < 1.29 is 23.6 Å². The highest BCUT2D eigenvalue weighted by atomic mass is 79.9. The number of nitrogens with one attached hydrogen (secondary N) is 2. The molecule has 0 saturated carbocycles. The number of nitrogens with two attached hydrogens (primary N) is 1. The Morgan fingerprint density at radius 2 is 1.83 bits per heavy atom. The average molecular weight is 554 g/mol. The van der Waals surface area contributed by atoms with Gasteiger partial charge in [-0.1, -0.05) is 25.9 Å². The molecule has 4 rings (SSSR count). The highest BCUT2D eigenvalue weighted by molar-refractivity contribution is 9.10. The van der Waals surface area contributed by atoms with Gasteiger partial charge in [0, 0.05) is 33.6 Å². The van der Waals surface area contributed by atoms with E-state index in [0.29, 0.717) is 49.9 Å². The Bertz CT molecular complexity index is 1460. The lowest BCUT2D eigenvalue weighted by Crippen LogP contribution is -2.19. The summed E-state index contributed by atoms with van der Waals surface area (Å²) in [7, 11) is 1.45. The Morgan fingerprint density at radius 3 is 2.47 bits per heavy atom. The first-order valence-electron chi connectivity index (χ1n) is 10.8. The van der Waals surface area contributed by atoms with E-state index in [1.54, 1.807) is 48.7 Å². The zero-order valence-corrected chi connectivity index (χ0v) is 21.6. The number of hydrogen-bond acceptors (Lipinski definition) is 7. The second-order valence-corrected chi connectivity index (χ2v) is 9.75. The molecule has 11 heteroatoms. The van der Waals surface area contributed by atoms with E-state index in [0.717, 1.165) is 0 Å². The fraction of sp³-hybridized carbons (Fsp3) is 0.200. The van der Waals surface area contributed by atoms with Crippen molar-refractivity contribution in [3.8, 4) is 17.2 Å². The number of fused-ring (bicyclic) bond motifs is 1. The molecule has 4 N–H and O–H groups in total. The summed E-state index contributed by atoms with van der Waals surface area (Å²) in [4.78, 5) is 28.6.